The number of hydrogen-bond acceptors (Lipinski definition) is 6. The fourth-order valence-corrected chi connectivity index (χ4v) is 4.06. The molecule has 0 saturated carbocycles. The molecule has 3 aliphatic rings. The van der Waals surface area contributed by atoms with Crippen molar-refractivity contribution in [3.8, 4) is 11.5 Å². The van der Waals surface area contributed by atoms with E-state index >= 15 is 0 Å². The summed E-state index contributed by atoms with van der Waals surface area (Å²) in [6.45, 7) is 1.61. The Hall–Kier alpha value is -3.88. The molecule has 1 amide bonds. The van der Waals surface area contributed by atoms with E-state index in [4.69, 9.17) is 9.47 Å². The molecule has 0 unspecified atom stereocenters. The lowest BCUT2D eigenvalue weighted by Gasteiger charge is -2.39. The zero-order chi connectivity index (χ0) is 23.7. The first-order chi connectivity index (χ1) is 16.5. The minimum absolute atomic E-state index is 0.0149. The van der Waals surface area contributed by atoms with Crippen LogP contribution in [-0.4, -0.2) is 56.0 Å². The van der Waals surface area contributed by atoms with Crippen molar-refractivity contribution in [2.75, 3.05) is 44.7 Å². The largest absolute Gasteiger partial charge is 0.490 e. The number of likely N-dealkylation sites (tertiary alicyclic amines) is 1. The zero-order valence-corrected chi connectivity index (χ0v) is 18.3. The summed E-state index contributed by atoms with van der Waals surface area (Å²) in [5.41, 5.74) is 2.03. The van der Waals surface area contributed by atoms with Crippen LogP contribution in [0.1, 0.15) is 15.9 Å². The maximum atomic E-state index is 14.5. The molecule has 176 valence electrons. The van der Waals surface area contributed by atoms with Crippen LogP contribution >= 0.6 is 0 Å². The number of fused-ring (bicyclic) bond motifs is 1. The fraction of sp³-hybridized carbons (Fsp3) is 0.280. The molecule has 0 bridgehead atoms. The molecule has 0 aliphatic carbocycles. The van der Waals surface area contributed by atoms with Gasteiger partial charge in [-0.2, -0.15) is 0 Å². The van der Waals surface area contributed by atoms with Crippen molar-refractivity contribution in [1.82, 2.24) is 10.2 Å². The predicted molar refractivity (Wildman–Crippen MR) is 122 cm³/mol. The molecule has 3 aliphatic heterocycles. The number of halogens is 2. The highest BCUT2D eigenvalue weighted by Crippen LogP contribution is 2.31. The number of carbonyl (C=O) groups is 2. The average Bonchev–Trinajstić information content (AvgIpc) is 2.99. The van der Waals surface area contributed by atoms with Gasteiger partial charge in [-0.15, -0.1) is 0 Å². The summed E-state index contributed by atoms with van der Waals surface area (Å²) < 4.78 is 40.0. The molecule has 1 saturated heterocycles. The van der Waals surface area contributed by atoms with Gasteiger partial charge in [-0.25, -0.2) is 8.78 Å². The molecular weight excluding hydrogens is 444 g/mol. The lowest BCUT2D eigenvalue weighted by molar-refractivity contribution is -0.119. The molecular formula is C25H23F2N3O4. The number of ketones is 1. The molecule has 0 aromatic heterocycles. The summed E-state index contributed by atoms with van der Waals surface area (Å²) in [4.78, 5) is 25.8. The molecule has 2 aromatic carbocycles. The summed E-state index contributed by atoms with van der Waals surface area (Å²) in [5, 5.41) is 5.93. The van der Waals surface area contributed by atoms with Crippen molar-refractivity contribution in [1.29, 1.82) is 0 Å². The van der Waals surface area contributed by atoms with Crippen LogP contribution in [0.25, 0.3) is 5.57 Å². The van der Waals surface area contributed by atoms with E-state index in [1.165, 1.54) is 17.0 Å². The molecule has 2 N–H and O–H groups in total. The minimum Gasteiger partial charge on any atom is -0.490 e. The van der Waals surface area contributed by atoms with E-state index in [1.807, 2.05) is 24.4 Å². The average molecular weight is 467 g/mol. The Morgan fingerprint density at radius 2 is 2.03 bits per heavy atom. The van der Waals surface area contributed by atoms with Gasteiger partial charge in [0.05, 0.1) is 24.4 Å². The Morgan fingerprint density at radius 1 is 1.18 bits per heavy atom. The van der Waals surface area contributed by atoms with E-state index < -0.39 is 17.5 Å². The highest BCUT2D eigenvalue weighted by Gasteiger charge is 2.33. The number of nitrogens with zero attached hydrogens (tertiary/aromatic N) is 1. The van der Waals surface area contributed by atoms with E-state index in [0.717, 1.165) is 17.2 Å². The van der Waals surface area contributed by atoms with Crippen LogP contribution < -0.4 is 20.1 Å². The standard InChI is InChI=1S/C25H23F2N3O4/c26-20-9-24-22(29-10-18(31)14-34-24)8-19(20)25(32)30-11-15(12-30)13-33-23-2-1-17(7-21(23)27)16-3-5-28-6-4-16/h1-5,7-9,15,28-29H,6,10-14H2. The Morgan fingerprint density at radius 3 is 2.79 bits per heavy atom. The number of rotatable bonds is 5. The van der Waals surface area contributed by atoms with Gasteiger partial charge >= 0.3 is 0 Å². The molecule has 34 heavy (non-hydrogen) atoms. The summed E-state index contributed by atoms with van der Waals surface area (Å²) in [6, 6.07) is 7.35. The van der Waals surface area contributed by atoms with Gasteiger partial charge in [-0.1, -0.05) is 12.1 Å². The van der Waals surface area contributed by atoms with Gasteiger partial charge in [-0.3, -0.25) is 9.59 Å². The third kappa shape index (κ3) is 4.46. The first-order valence-corrected chi connectivity index (χ1v) is 11.0. The molecule has 7 nitrogen and oxygen atoms in total. The van der Waals surface area contributed by atoms with Crippen LogP contribution in [0, 0.1) is 17.6 Å². The molecule has 9 heteroatoms. The topological polar surface area (TPSA) is 79.9 Å². The molecule has 1 fully saturated rings. The van der Waals surface area contributed by atoms with Gasteiger partial charge < -0.3 is 25.0 Å². The maximum absolute atomic E-state index is 14.5. The molecule has 2 aromatic rings. The van der Waals surface area contributed by atoms with Gasteiger partial charge in [0.25, 0.3) is 5.91 Å². The van der Waals surface area contributed by atoms with Crippen LogP contribution in [0.4, 0.5) is 14.5 Å². The van der Waals surface area contributed by atoms with Crippen LogP contribution in [0.5, 0.6) is 11.5 Å². The molecule has 5 rings (SSSR count). The fourth-order valence-electron chi connectivity index (χ4n) is 4.06. The van der Waals surface area contributed by atoms with Gasteiger partial charge in [0.2, 0.25) is 0 Å². The van der Waals surface area contributed by atoms with Crippen LogP contribution in [0.15, 0.2) is 48.7 Å². The smallest absolute Gasteiger partial charge is 0.256 e. The summed E-state index contributed by atoms with van der Waals surface area (Å²) in [6.07, 6.45) is 5.68. The minimum atomic E-state index is -0.708. The van der Waals surface area contributed by atoms with Crippen molar-refractivity contribution in [2.24, 2.45) is 5.92 Å². The van der Waals surface area contributed by atoms with Crippen LogP contribution in [0.2, 0.25) is 0 Å². The predicted octanol–water partition coefficient (Wildman–Crippen LogP) is 2.99. The SMILES string of the molecule is O=C1CNc2cc(C(=O)N3CC(COc4ccc(C5=CCNC=C5)cc4F)C3)c(F)cc2OC1. The zero-order valence-electron chi connectivity index (χ0n) is 18.3. The number of carbonyl (C=O) groups excluding carboxylic acids is 2. The second-order valence-corrected chi connectivity index (χ2v) is 8.44. The Kier molecular flexibility index (Phi) is 5.91. The Balaban J connectivity index is 1.17. The van der Waals surface area contributed by atoms with E-state index in [-0.39, 0.29) is 48.5 Å². The van der Waals surface area contributed by atoms with Crippen molar-refractivity contribution in [3.63, 3.8) is 0 Å². The van der Waals surface area contributed by atoms with Gasteiger partial charge in [0.15, 0.2) is 17.3 Å². The number of allylic oxidation sites excluding steroid dienone is 2. The van der Waals surface area contributed by atoms with E-state index in [9.17, 15) is 18.4 Å². The number of benzene rings is 2. The summed E-state index contributed by atoms with van der Waals surface area (Å²) in [7, 11) is 0. The highest BCUT2D eigenvalue weighted by molar-refractivity contribution is 5.97. The number of amides is 1. The lowest BCUT2D eigenvalue weighted by Crippen LogP contribution is -2.52. The molecule has 3 heterocycles. The van der Waals surface area contributed by atoms with Gasteiger partial charge in [0.1, 0.15) is 18.2 Å². The van der Waals surface area contributed by atoms with E-state index in [1.54, 1.807) is 6.07 Å². The first kappa shape index (κ1) is 21.9. The third-order valence-corrected chi connectivity index (χ3v) is 5.97. The highest BCUT2D eigenvalue weighted by atomic mass is 19.1. The maximum Gasteiger partial charge on any atom is 0.256 e. The monoisotopic (exact) mass is 467 g/mol. The normalized spacial score (nSPS) is 17.4. The number of hydrogen-bond donors (Lipinski definition) is 2. The number of nitrogens with one attached hydrogen (secondary N) is 2. The van der Waals surface area contributed by atoms with E-state index in [0.29, 0.717) is 25.3 Å². The Labute approximate surface area is 195 Å². The number of dihydropyridines is 1. The summed E-state index contributed by atoms with van der Waals surface area (Å²) >= 11 is 0. The second kappa shape index (κ2) is 9.17. The molecule has 0 atom stereocenters. The van der Waals surface area contributed by atoms with Crippen molar-refractivity contribution in [2.45, 2.75) is 0 Å². The number of anilines is 1. The van der Waals surface area contributed by atoms with Crippen molar-refractivity contribution >= 4 is 23.0 Å². The first-order valence-electron chi connectivity index (χ1n) is 11.0. The van der Waals surface area contributed by atoms with Crippen molar-refractivity contribution < 1.29 is 27.8 Å². The number of Topliss-reactive ketones (excluding diaryl/α,β-unsaturated/α-hetero) is 1. The molecule has 0 radical (unpaired) electrons. The summed E-state index contributed by atoms with van der Waals surface area (Å²) in [5.74, 6) is -1.40. The second-order valence-electron chi connectivity index (χ2n) is 8.44. The van der Waals surface area contributed by atoms with Gasteiger partial charge in [0, 0.05) is 31.6 Å². The van der Waals surface area contributed by atoms with Crippen LogP contribution in [0.3, 0.4) is 0 Å². The Bertz CT molecular complexity index is 1200. The number of ether oxygens (including phenoxy) is 2. The quantitative estimate of drug-likeness (QED) is 0.704. The molecule has 0 spiro atoms. The third-order valence-electron chi connectivity index (χ3n) is 5.97. The van der Waals surface area contributed by atoms with Crippen LogP contribution in [-0.2, 0) is 4.79 Å². The van der Waals surface area contributed by atoms with Gasteiger partial charge in [-0.05, 0) is 41.6 Å². The van der Waals surface area contributed by atoms with Crippen molar-refractivity contribution in [3.05, 3.63) is 71.4 Å². The lowest BCUT2D eigenvalue weighted by atomic mass is 9.99. The van der Waals surface area contributed by atoms with E-state index in [2.05, 4.69) is 10.6 Å².